The quantitative estimate of drug-likeness (QED) is 0.842. The lowest BCUT2D eigenvalue weighted by Gasteiger charge is -2.20. The van der Waals surface area contributed by atoms with Crippen molar-refractivity contribution < 1.29 is 14.4 Å². The van der Waals surface area contributed by atoms with Crippen LogP contribution < -0.4 is 4.74 Å². The molecule has 1 aromatic carbocycles. The number of hydrogen-bond acceptors (Lipinski definition) is 6. The number of aryl methyl sites for hydroxylation is 2. The second-order valence-corrected chi connectivity index (χ2v) is 5.60. The third-order valence-corrected chi connectivity index (χ3v) is 3.56. The Morgan fingerprint density at radius 1 is 1.35 bits per heavy atom. The van der Waals surface area contributed by atoms with Gasteiger partial charge in [-0.1, -0.05) is 5.16 Å². The Morgan fingerprint density at radius 3 is 2.61 bits per heavy atom. The molecule has 0 aliphatic heterocycles. The Morgan fingerprint density at radius 2 is 2.04 bits per heavy atom. The van der Waals surface area contributed by atoms with Crippen molar-refractivity contribution in [3.8, 4) is 11.8 Å². The Bertz CT molecular complexity index is 654. The Hall–Kier alpha value is -2.36. The van der Waals surface area contributed by atoms with E-state index in [0.29, 0.717) is 24.4 Å². The van der Waals surface area contributed by atoms with E-state index in [0.717, 1.165) is 17.0 Å². The molecule has 0 aliphatic rings. The lowest BCUT2D eigenvalue weighted by Crippen LogP contribution is -2.33. The Labute approximate surface area is 135 Å². The lowest BCUT2D eigenvalue weighted by atomic mass is 10.2. The Balaban J connectivity index is 1.79. The van der Waals surface area contributed by atoms with E-state index >= 15 is 0 Å². The van der Waals surface area contributed by atoms with Crippen LogP contribution in [0.2, 0.25) is 0 Å². The van der Waals surface area contributed by atoms with Gasteiger partial charge in [0.25, 0.3) is 0 Å². The molecule has 1 aromatic heterocycles. The number of hydrogen-bond donors (Lipinski definition) is 1. The van der Waals surface area contributed by atoms with Gasteiger partial charge in [0.1, 0.15) is 24.2 Å². The number of nitrogens with zero attached hydrogens (tertiary/aromatic N) is 3. The first-order chi connectivity index (χ1) is 11.0. The van der Waals surface area contributed by atoms with Crippen LogP contribution in [-0.4, -0.2) is 41.5 Å². The second-order valence-electron chi connectivity index (χ2n) is 5.60. The second kappa shape index (κ2) is 7.77. The minimum Gasteiger partial charge on any atom is -0.491 e. The fraction of sp³-hybridized carbons (Fsp3) is 0.412. The van der Waals surface area contributed by atoms with Crippen LogP contribution in [-0.2, 0) is 6.54 Å². The molecule has 1 atom stereocenters. The van der Waals surface area contributed by atoms with Gasteiger partial charge in [-0.05, 0) is 45.2 Å². The number of aromatic nitrogens is 1. The van der Waals surface area contributed by atoms with Gasteiger partial charge < -0.3 is 14.4 Å². The third-order valence-electron chi connectivity index (χ3n) is 3.56. The van der Waals surface area contributed by atoms with Crippen molar-refractivity contribution in [2.24, 2.45) is 0 Å². The zero-order valence-electron chi connectivity index (χ0n) is 13.6. The summed E-state index contributed by atoms with van der Waals surface area (Å²) in [5.74, 6) is 1.44. The van der Waals surface area contributed by atoms with Crippen molar-refractivity contribution >= 4 is 0 Å². The highest BCUT2D eigenvalue weighted by molar-refractivity contribution is 5.34. The Kier molecular flexibility index (Phi) is 5.74. The number of rotatable bonds is 7. The van der Waals surface area contributed by atoms with Gasteiger partial charge in [-0.3, -0.25) is 4.90 Å². The number of aliphatic hydroxyl groups excluding tert-OH is 1. The van der Waals surface area contributed by atoms with Crippen LogP contribution in [0.25, 0.3) is 0 Å². The van der Waals surface area contributed by atoms with Crippen molar-refractivity contribution in [3.05, 3.63) is 46.8 Å². The fourth-order valence-electron chi connectivity index (χ4n) is 2.29. The van der Waals surface area contributed by atoms with Crippen LogP contribution in [0, 0.1) is 25.2 Å². The summed E-state index contributed by atoms with van der Waals surface area (Å²) < 4.78 is 10.7. The molecule has 0 saturated carbocycles. The van der Waals surface area contributed by atoms with Crippen LogP contribution in [0.1, 0.15) is 22.6 Å². The summed E-state index contributed by atoms with van der Waals surface area (Å²) in [5.41, 5.74) is 2.50. The number of ether oxygens (including phenoxy) is 1. The first-order valence-electron chi connectivity index (χ1n) is 7.41. The summed E-state index contributed by atoms with van der Waals surface area (Å²) in [6, 6.07) is 8.86. The van der Waals surface area contributed by atoms with Crippen molar-refractivity contribution in [1.82, 2.24) is 10.1 Å². The number of benzene rings is 1. The molecule has 1 heterocycles. The number of aliphatic hydroxyl groups is 1. The molecule has 0 unspecified atom stereocenters. The third kappa shape index (κ3) is 4.81. The first kappa shape index (κ1) is 17.0. The van der Waals surface area contributed by atoms with Gasteiger partial charge >= 0.3 is 0 Å². The lowest BCUT2D eigenvalue weighted by molar-refractivity contribution is 0.0742. The molecule has 23 heavy (non-hydrogen) atoms. The molecule has 0 bridgehead atoms. The highest BCUT2D eigenvalue weighted by atomic mass is 16.5. The molecular formula is C17H21N3O3. The molecule has 0 spiro atoms. The molecule has 2 aromatic rings. The molecular weight excluding hydrogens is 294 g/mol. The van der Waals surface area contributed by atoms with Gasteiger partial charge in [-0.15, -0.1) is 0 Å². The summed E-state index contributed by atoms with van der Waals surface area (Å²) in [6.45, 7) is 5.12. The van der Waals surface area contributed by atoms with Crippen molar-refractivity contribution in [3.63, 3.8) is 0 Å². The smallest absolute Gasteiger partial charge is 0.138 e. The van der Waals surface area contributed by atoms with Crippen LogP contribution in [0.15, 0.2) is 28.8 Å². The normalized spacial score (nSPS) is 12.2. The van der Waals surface area contributed by atoms with Crippen LogP contribution in [0.5, 0.6) is 5.75 Å². The molecule has 1 N–H and O–H groups in total. The monoisotopic (exact) mass is 315 g/mol. The zero-order valence-corrected chi connectivity index (χ0v) is 13.6. The molecule has 0 fully saturated rings. The van der Waals surface area contributed by atoms with E-state index in [2.05, 4.69) is 11.2 Å². The molecule has 6 nitrogen and oxygen atoms in total. The van der Waals surface area contributed by atoms with Crippen LogP contribution in [0.3, 0.4) is 0 Å². The average molecular weight is 315 g/mol. The van der Waals surface area contributed by atoms with Crippen LogP contribution in [0.4, 0.5) is 0 Å². The summed E-state index contributed by atoms with van der Waals surface area (Å²) >= 11 is 0. The van der Waals surface area contributed by atoms with E-state index in [-0.39, 0.29) is 6.61 Å². The summed E-state index contributed by atoms with van der Waals surface area (Å²) in [7, 11) is 1.93. The predicted molar refractivity (Wildman–Crippen MR) is 85.0 cm³/mol. The van der Waals surface area contributed by atoms with Gasteiger partial charge in [-0.25, -0.2) is 0 Å². The van der Waals surface area contributed by atoms with Crippen molar-refractivity contribution in [2.45, 2.75) is 26.5 Å². The van der Waals surface area contributed by atoms with E-state index in [9.17, 15) is 5.11 Å². The highest BCUT2D eigenvalue weighted by Gasteiger charge is 2.14. The topological polar surface area (TPSA) is 82.5 Å². The van der Waals surface area contributed by atoms with Gasteiger partial charge in [-0.2, -0.15) is 5.26 Å². The maximum Gasteiger partial charge on any atom is 0.138 e. The summed E-state index contributed by atoms with van der Waals surface area (Å²) in [5, 5.41) is 22.8. The maximum atomic E-state index is 10.1. The standard InChI is InChI=1S/C17H21N3O3/c1-12-17(13(2)23-19-12)10-20(3)9-15(21)11-22-16-6-4-14(8-18)5-7-16/h4-7,15,21H,9-11H2,1-3H3/t15-/m1/s1. The van der Waals surface area contributed by atoms with Crippen molar-refractivity contribution in [2.75, 3.05) is 20.2 Å². The number of nitriles is 1. The van der Waals surface area contributed by atoms with Crippen LogP contribution >= 0.6 is 0 Å². The van der Waals surface area contributed by atoms with Gasteiger partial charge in [0.15, 0.2) is 0 Å². The largest absolute Gasteiger partial charge is 0.491 e. The van der Waals surface area contributed by atoms with E-state index < -0.39 is 6.10 Å². The average Bonchev–Trinajstić information content (AvgIpc) is 2.85. The fourth-order valence-corrected chi connectivity index (χ4v) is 2.29. The maximum absolute atomic E-state index is 10.1. The zero-order chi connectivity index (χ0) is 16.8. The molecule has 2 rings (SSSR count). The predicted octanol–water partition coefficient (Wildman–Crippen LogP) is 2.03. The minimum atomic E-state index is -0.615. The summed E-state index contributed by atoms with van der Waals surface area (Å²) in [6.07, 6.45) is -0.615. The highest BCUT2D eigenvalue weighted by Crippen LogP contribution is 2.15. The van der Waals surface area contributed by atoms with E-state index in [1.807, 2.05) is 25.8 Å². The van der Waals surface area contributed by atoms with Gasteiger partial charge in [0, 0.05) is 18.7 Å². The van der Waals surface area contributed by atoms with Gasteiger partial charge in [0.2, 0.25) is 0 Å². The van der Waals surface area contributed by atoms with E-state index in [1.165, 1.54) is 0 Å². The molecule has 6 heteroatoms. The summed E-state index contributed by atoms with van der Waals surface area (Å²) in [4.78, 5) is 2.00. The van der Waals surface area contributed by atoms with Crippen molar-refractivity contribution in [1.29, 1.82) is 5.26 Å². The van der Waals surface area contributed by atoms with E-state index in [1.54, 1.807) is 24.3 Å². The molecule has 122 valence electrons. The van der Waals surface area contributed by atoms with E-state index in [4.69, 9.17) is 14.5 Å². The molecule has 0 aliphatic carbocycles. The van der Waals surface area contributed by atoms with Gasteiger partial charge in [0.05, 0.1) is 17.3 Å². The number of likely N-dealkylation sites (N-methyl/N-ethyl adjacent to an activating group) is 1. The first-order valence-corrected chi connectivity index (χ1v) is 7.41. The minimum absolute atomic E-state index is 0.192. The SMILES string of the molecule is Cc1noc(C)c1CN(C)C[C@@H](O)COc1ccc(C#N)cc1. The molecule has 0 radical (unpaired) electrons. The molecule has 0 amide bonds. The molecule has 0 saturated heterocycles.